The SMILES string of the molecule is Cc1ncc(NC(=O)c2cccc(C(F)(F)F)c2)cc1-c1cnc(OCCOC2CCN(Cc3cn(-c4ccc5c(c4)C(=O)N(C4CC(=O)NC(=O)C4)C5=O)nn3)CC2)c(N2CCOCC2)c1. The van der Waals surface area contributed by atoms with Crippen molar-refractivity contribution in [2.75, 3.05) is 62.8 Å². The summed E-state index contributed by atoms with van der Waals surface area (Å²) in [5, 5.41) is 13.5. The number of hydrogen-bond acceptors (Lipinski definition) is 14. The summed E-state index contributed by atoms with van der Waals surface area (Å²) in [4.78, 5) is 77.8. The molecule has 0 aliphatic carbocycles. The Bertz CT molecular complexity index is 2720. The molecule has 7 heterocycles. The molecule has 0 radical (unpaired) electrons. The van der Waals surface area contributed by atoms with Crippen molar-refractivity contribution in [3.8, 4) is 22.7 Å². The van der Waals surface area contributed by atoms with Crippen LogP contribution < -0.4 is 20.3 Å². The summed E-state index contributed by atoms with van der Waals surface area (Å²) in [5.74, 6) is -2.43. The van der Waals surface area contributed by atoms with E-state index < -0.39 is 47.3 Å². The van der Waals surface area contributed by atoms with E-state index in [-0.39, 0.29) is 42.2 Å². The van der Waals surface area contributed by atoms with E-state index in [1.165, 1.54) is 18.3 Å². The monoisotopic (exact) mass is 922 g/mol. The van der Waals surface area contributed by atoms with Crippen molar-refractivity contribution in [3.63, 3.8) is 0 Å². The molecule has 67 heavy (non-hydrogen) atoms. The molecule has 0 saturated carbocycles. The molecule has 4 aliphatic rings. The minimum absolute atomic E-state index is 0.0220. The molecule has 3 fully saturated rings. The number of carbonyl (C=O) groups is 5. The highest BCUT2D eigenvalue weighted by Gasteiger charge is 2.43. The third kappa shape index (κ3) is 10.0. The van der Waals surface area contributed by atoms with Crippen molar-refractivity contribution in [2.45, 2.75) is 57.5 Å². The summed E-state index contributed by atoms with van der Waals surface area (Å²) < 4.78 is 59.5. The van der Waals surface area contributed by atoms with Crippen LogP contribution >= 0.6 is 0 Å². The molecule has 3 saturated heterocycles. The van der Waals surface area contributed by atoms with Gasteiger partial charge in [0.1, 0.15) is 12.3 Å². The average molecular weight is 923 g/mol. The fourth-order valence-electron chi connectivity index (χ4n) is 8.64. The van der Waals surface area contributed by atoms with Gasteiger partial charge in [0.15, 0.2) is 0 Å². The number of ether oxygens (including phenoxy) is 3. The Hall–Kier alpha value is -7.10. The first kappa shape index (κ1) is 45.1. The molecular weight excluding hydrogens is 878 g/mol. The number of benzene rings is 2. The number of carbonyl (C=O) groups excluding carboxylic acids is 5. The number of aryl methyl sites for hydroxylation is 1. The van der Waals surface area contributed by atoms with Gasteiger partial charge < -0.3 is 24.4 Å². The molecule has 0 spiro atoms. The van der Waals surface area contributed by atoms with Crippen LogP contribution in [0.15, 0.2) is 73.2 Å². The second kappa shape index (κ2) is 19.0. The molecule has 0 bridgehead atoms. The predicted octanol–water partition coefficient (Wildman–Crippen LogP) is 4.60. The van der Waals surface area contributed by atoms with Gasteiger partial charge in [-0.05, 0) is 68.3 Å². The van der Waals surface area contributed by atoms with Crippen molar-refractivity contribution in [2.24, 2.45) is 0 Å². The fourth-order valence-corrected chi connectivity index (χ4v) is 8.64. The maximum absolute atomic E-state index is 13.3. The number of amides is 5. The first-order valence-electron chi connectivity index (χ1n) is 21.8. The Morgan fingerprint density at radius 2 is 1.64 bits per heavy atom. The Morgan fingerprint density at radius 1 is 0.881 bits per heavy atom. The molecule has 21 heteroatoms. The van der Waals surface area contributed by atoms with Gasteiger partial charge in [0.05, 0.1) is 78.1 Å². The van der Waals surface area contributed by atoms with Crippen LogP contribution in [-0.2, 0) is 31.8 Å². The molecular formula is C46H45F3N10O8. The first-order valence-corrected chi connectivity index (χ1v) is 21.8. The van der Waals surface area contributed by atoms with Crippen molar-refractivity contribution >= 4 is 40.9 Å². The van der Waals surface area contributed by atoms with Crippen LogP contribution in [-0.4, -0.2) is 129 Å². The van der Waals surface area contributed by atoms with Crippen LogP contribution in [0.4, 0.5) is 24.5 Å². The standard InChI is InChI=1S/C46H45F3N10O8/c1-27-37(19-31(24-50-27)52-42(62)28-3-2-4-30(17-28)46(47,48)49)29-18-39(57-11-13-65-14-12-57)43(51-23-29)67-16-15-66-35-7-9-56(10-8-35)25-32-26-58(55-54-32)33-5-6-36-38(20-33)45(64)59(44(36)63)34-21-40(60)53-41(61)22-34/h2-6,17-20,23-24,26,34-35H,7-16,21-22,25H2,1H3,(H,52,62)(H,53,60,61). The van der Waals surface area contributed by atoms with E-state index in [9.17, 15) is 37.1 Å². The lowest BCUT2D eigenvalue weighted by atomic mass is 10.0. The number of fused-ring (bicyclic) bond motifs is 1. The van der Waals surface area contributed by atoms with Gasteiger partial charge >= 0.3 is 6.18 Å². The lowest BCUT2D eigenvalue weighted by molar-refractivity contribution is -0.138. The normalized spacial score (nSPS) is 17.5. The number of nitrogens with zero attached hydrogens (tertiary/aromatic N) is 8. The number of piperidine rings is 2. The summed E-state index contributed by atoms with van der Waals surface area (Å²) >= 11 is 0. The Morgan fingerprint density at radius 3 is 2.40 bits per heavy atom. The van der Waals surface area contributed by atoms with Crippen LogP contribution in [0, 0.1) is 6.92 Å². The van der Waals surface area contributed by atoms with E-state index in [4.69, 9.17) is 19.2 Å². The van der Waals surface area contributed by atoms with Gasteiger partial charge in [0.2, 0.25) is 17.7 Å². The highest BCUT2D eigenvalue weighted by molar-refractivity contribution is 6.22. The molecule has 3 aromatic heterocycles. The number of nitrogens with one attached hydrogen (secondary N) is 2. The van der Waals surface area contributed by atoms with Gasteiger partial charge in [-0.3, -0.25) is 44.1 Å². The third-order valence-electron chi connectivity index (χ3n) is 12.1. The Kier molecular flexibility index (Phi) is 12.8. The van der Waals surface area contributed by atoms with Crippen LogP contribution in [0.25, 0.3) is 16.8 Å². The number of rotatable bonds is 13. The van der Waals surface area contributed by atoms with Crippen LogP contribution in [0.1, 0.15) is 73.7 Å². The van der Waals surface area contributed by atoms with Gasteiger partial charge in [0, 0.05) is 74.1 Å². The molecule has 5 aromatic rings. The van der Waals surface area contributed by atoms with Gasteiger partial charge in [-0.2, -0.15) is 13.2 Å². The predicted molar refractivity (Wildman–Crippen MR) is 232 cm³/mol. The summed E-state index contributed by atoms with van der Waals surface area (Å²) in [6.07, 6.45) is 1.64. The average Bonchev–Trinajstić information content (AvgIpc) is 3.89. The first-order chi connectivity index (χ1) is 32.3. The van der Waals surface area contributed by atoms with E-state index in [2.05, 4.69) is 35.7 Å². The summed E-state index contributed by atoms with van der Waals surface area (Å²) in [6.45, 7) is 6.75. The largest absolute Gasteiger partial charge is 0.474 e. The number of imide groups is 2. The molecule has 0 unspecified atom stereocenters. The van der Waals surface area contributed by atoms with Crippen molar-refractivity contribution in [1.82, 2.24) is 40.1 Å². The molecule has 0 atom stereocenters. The van der Waals surface area contributed by atoms with Crippen LogP contribution in [0.3, 0.4) is 0 Å². The van der Waals surface area contributed by atoms with Crippen LogP contribution in [0.2, 0.25) is 0 Å². The molecule has 9 rings (SSSR count). The number of alkyl halides is 3. The van der Waals surface area contributed by atoms with E-state index in [0.29, 0.717) is 73.5 Å². The third-order valence-corrected chi connectivity index (χ3v) is 12.1. The minimum Gasteiger partial charge on any atom is -0.474 e. The summed E-state index contributed by atoms with van der Waals surface area (Å²) in [6, 6.07) is 11.8. The van der Waals surface area contributed by atoms with Gasteiger partial charge in [-0.1, -0.05) is 11.3 Å². The van der Waals surface area contributed by atoms with Gasteiger partial charge in [-0.25, -0.2) is 9.67 Å². The van der Waals surface area contributed by atoms with E-state index in [0.717, 1.165) is 54.3 Å². The van der Waals surface area contributed by atoms with Crippen molar-refractivity contribution in [1.29, 1.82) is 0 Å². The summed E-state index contributed by atoms with van der Waals surface area (Å²) in [5.41, 5.74) is 3.68. The van der Waals surface area contributed by atoms with E-state index >= 15 is 0 Å². The number of likely N-dealkylation sites (tertiary alicyclic amines) is 1. The maximum atomic E-state index is 13.3. The zero-order chi connectivity index (χ0) is 46.8. The number of hydrogen-bond donors (Lipinski definition) is 2. The second-order valence-corrected chi connectivity index (χ2v) is 16.6. The lowest BCUT2D eigenvalue weighted by Crippen LogP contribution is -2.50. The zero-order valence-corrected chi connectivity index (χ0v) is 36.3. The Balaban J connectivity index is 0.773. The highest BCUT2D eigenvalue weighted by atomic mass is 19.4. The lowest BCUT2D eigenvalue weighted by Gasteiger charge is -2.31. The molecule has 18 nitrogen and oxygen atoms in total. The molecule has 2 N–H and O–H groups in total. The smallest absolute Gasteiger partial charge is 0.416 e. The number of morpholine rings is 1. The van der Waals surface area contributed by atoms with E-state index in [1.54, 1.807) is 41.3 Å². The highest BCUT2D eigenvalue weighted by Crippen LogP contribution is 2.35. The summed E-state index contributed by atoms with van der Waals surface area (Å²) in [7, 11) is 0. The second-order valence-electron chi connectivity index (χ2n) is 16.6. The Labute approximate surface area is 381 Å². The molecule has 5 amide bonds. The zero-order valence-electron chi connectivity index (χ0n) is 36.3. The van der Waals surface area contributed by atoms with Gasteiger partial charge in [-0.15, -0.1) is 5.10 Å². The maximum Gasteiger partial charge on any atom is 0.416 e. The quantitative estimate of drug-likeness (QED) is 0.123. The fraction of sp³-hybridized carbons (Fsp3) is 0.370. The van der Waals surface area contributed by atoms with E-state index in [1.807, 2.05) is 13.0 Å². The van der Waals surface area contributed by atoms with Crippen LogP contribution in [0.5, 0.6) is 5.88 Å². The number of pyridine rings is 2. The van der Waals surface area contributed by atoms with Crippen molar-refractivity contribution in [3.05, 3.63) is 107 Å². The molecule has 348 valence electrons. The topological polar surface area (TPSA) is 203 Å². The van der Waals surface area contributed by atoms with Crippen molar-refractivity contribution < 1.29 is 51.4 Å². The number of anilines is 2. The number of aromatic nitrogens is 5. The molecule has 2 aromatic carbocycles. The minimum atomic E-state index is -4.59. The molecule has 4 aliphatic heterocycles. The van der Waals surface area contributed by atoms with Gasteiger partial charge in [0.25, 0.3) is 17.7 Å². The number of halogens is 3.